The summed E-state index contributed by atoms with van der Waals surface area (Å²) in [5.41, 5.74) is 2.78. The number of hydrogen-bond acceptors (Lipinski definition) is 5. The molecule has 3 heterocycles. The third kappa shape index (κ3) is 5.11. The van der Waals surface area contributed by atoms with Gasteiger partial charge in [0.05, 0.1) is 11.5 Å². The Labute approximate surface area is 203 Å². The van der Waals surface area contributed by atoms with Gasteiger partial charge in [-0.05, 0) is 55.4 Å². The Balaban J connectivity index is 1.32. The van der Waals surface area contributed by atoms with Crippen LogP contribution in [-0.2, 0) is 16.0 Å². The molecule has 0 saturated carbocycles. The summed E-state index contributed by atoms with van der Waals surface area (Å²) in [5.74, 6) is -0.433. The predicted molar refractivity (Wildman–Crippen MR) is 136 cm³/mol. The number of benzene rings is 2. The Hall–Kier alpha value is -3.94. The Morgan fingerprint density at radius 2 is 1.86 bits per heavy atom. The van der Waals surface area contributed by atoms with Gasteiger partial charge in [-0.3, -0.25) is 19.4 Å². The number of carbonyl (C=O) groups excluding carboxylic acids is 2. The van der Waals surface area contributed by atoms with Gasteiger partial charge in [-0.15, -0.1) is 0 Å². The quantitative estimate of drug-likeness (QED) is 0.527. The average Bonchev–Trinajstić information content (AvgIpc) is 2.84. The van der Waals surface area contributed by atoms with E-state index < -0.39 is 11.8 Å². The lowest BCUT2D eigenvalue weighted by atomic mass is 9.90. The molecule has 0 bridgehead atoms. The van der Waals surface area contributed by atoms with Crippen molar-refractivity contribution in [3.05, 3.63) is 81.6 Å². The van der Waals surface area contributed by atoms with E-state index in [0.29, 0.717) is 17.6 Å². The van der Waals surface area contributed by atoms with E-state index in [0.717, 1.165) is 37.9 Å². The number of nitrogens with zero attached hydrogens (tertiary/aromatic N) is 2. The molecule has 1 saturated heterocycles. The van der Waals surface area contributed by atoms with Crippen molar-refractivity contribution in [3.8, 4) is 0 Å². The van der Waals surface area contributed by atoms with E-state index in [1.165, 1.54) is 5.56 Å². The van der Waals surface area contributed by atoms with Crippen molar-refractivity contribution in [1.29, 1.82) is 0 Å². The highest BCUT2D eigenvalue weighted by atomic mass is 16.2. The molecule has 2 aliphatic heterocycles. The van der Waals surface area contributed by atoms with E-state index in [1.54, 1.807) is 6.07 Å². The predicted octanol–water partition coefficient (Wildman–Crippen LogP) is 3.60. The second-order valence-corrected chi connectivity index (χ2v) is 9.44. The summed E-state index contributed by atoms with van der Waals surface area (Å²) >= 11 is 0. The fourth-order valence-electron chi connectivity index (χ4n) is 4.98. The van der Waals surface area contributed by atoms with Crippen LogP contribution in [0.2, 0.25) is 0 Å². The van der Waals surface area contributed by atoms with Crippen LogP contribution in [0.5, 0.6) is 0 Å². The number of anilines is 3. The minimum Gasteiger partial charge on any atom is -0.342 e. The van der Waals surface area contributed by atoms with Gasteiger partial charge in [0.2, 0.25) is 17.8 Å². The molecule has 3 N–H and O–H groups in total. The van der Waals surface area contributed by atoms with Crippen LogP contribution in [0.3, 0.4) is 0 Å². The number of hydrogen-bond donors (Lipinski definition) is 3. The molecule has 3 aromatic rings. The van der Waals surface area contributed by atoms with Gasteiger partial charge in [0.1, 0.15) is 5.82 Å². The van der Waals surface area contributed by atoms with Crippen molar-refractivity contribution in [2.75, 3.05) is 28.6 Å². The fourth-order valence-corrected chi connectivity index (χ4v) is 4.98. The first kappa shape index (κ1) is 22.8. The maximum absolute atomic E-state index is 13.1. The van der Waals surface area contributed by atoms with Crippen molar-refractivity contribution in [3.63, 3.8) is 0 Å². The summed E-state index contributed by atoms with van der Waals surface area (Å²) in [6, 6.07) is 17.9. The molecule has 1 atom stereocenters. The van der Waals surface area contributed by atoms with Crippen molar-refractivity contribution >= 4 is 29.3 Å². The summed E-state index contributed by atoms with van der Waals surface area (Å²) in [6.07, 6.45) is 2.92. The zero-order chi connectivity index (χ0) is 24.4. The molecule has 1 fully saturated rings. The van der Waals surface area contributed by atoms with E-state index in [1.807, 2.05) is 36.1 Å². The number of nitrogens with one attached hydrogen (secondary N) is 3. The first-order valence-electron chi connectivity index (χ1n) is 12.1. The van der Waals surface area contributed by atoms with E-state index in [2.05, 4.69) is 44.9 Å². The molecule has 180 valence electrons. The molecular weight excluding hydrogens is 442 g/mol. The number of aryl methyl sites for hydroxylation is 1. The molecule has 0 radical (unpaired) electrons. The first-order chi connectivity index (χ1) is 17.0. The Morgan fingerprint density at radius 3 is 2.60 bits per heavy atom. The standard InChI is InChI=1S/C27H29N5O3/c1-17-6-5-9-20(14-17)28-25(34)21-16-22(33)29-24-23(21)26(35)31-27(30-24)32-12-10-19(11-13-32)15-18-7-3-2-4-8-18/h2-9,14,19,21H,10-13,15-16H2,1H3,(H,28,34)(H2,29,30,31,33,35)/t21-/m0/s1. The number of aromatic amines is 1. The molecule has 2 aliphatic rings. The van der Waals surface area contributed by atoms with Crippen LogP contribution < -0.4 is 21.1 Å². The maximum Gasteiger partial charge on any atom is 0.258 e. The van der Waals surface area contributed by atoms with Crippen LogP contribution in [0.1, 0.15) is 41.9 Å². The summed E-state index contributed by atoms with van der Waals surface area (Å²) in [4.78, 5) is 48.0. The van der Waals surface area contributed by atoms with Crippen molar-refractivity contribution in [2.45, 2.75) is 38.5 Å². The van der Waals surface area contributed by atoms with Gasteiger partial charge in [0, 0.05) is 25.2 Å². The van der Waals surface area contributed by atoms with Gasteiger partial charge in [0.15, 0.2) is 0 Å². The van der Waals surface area contributed by atoms with Crippen molar-refractivity contribution < 1.29 is 9.59 Å². The lowest BCUT2D eigenvalue weighted by Gasteiger charge is -2.33. The molecule has 0 aliphatic carbocycles. The molecule has 2 aromatic carbocycles. The van der Waals surface area contributed by atoms with E-state index >= 15 is 0 Å². The van der Waals surface area contributed by atoms with Gasteiger partial charge in [-0.2, -0.15) is 4.98 Å². The van der Waals surface area contributed by atoms with Gasteiger partial charge in [-0.1, -0.05) is 42.5 Å². The number of fused-ring (bicyclic) bond motifs is 1. The van der Waals surface area contributed by atoms with Gasteiger partial charge in [-0.25, -0.2) is 0 Å². The molecule has 2 amide bonds. The first-order valence-corrected chi connectivity index (χ1v) is 12.1. The Kier molecular flexibility index (Phi) is 6.35. The third-order valence-corrected chi connectivity index (χ3v) is 6.82. The van der Waals surface area contributed by atoms with Crippen LogP contribution in [0, 0.1) is 12.8 Å². The van der Waals surface area contributed by atoms with Crippen molar-refractivity contribution in [2.24, 2.45) is 5.92 Å². The highest BCUT2D eigenvalue weighted by molar-refractivity contribution is 6.04. The summed E-state index contributed by atoms with van der Waals surface area (Å²) in [5, 5.41) is 5.54. The lowest BCUT2D eigenvalue weighted by Crippen LogP contribution is -2.40. The summed E-state index contributed by atoms with van der Waals surface area (Å²) < 4.78 is 0. The largest absolute Gasteiger partial charge is 0.342 e. The molecule has 0 spiro atoms. The molecule has 0 unspecified atom stereocenters. The molecule has 8 heteroatoms. The van der Waals surface area contributed by atoms with Gasteiger partial charge >= 0.3 is 0 Å². The van der Waals surface area contributed by atoms with Crippen LogP contribution in [0.4, 0.5) is 17.5 Å². The molecular formula is C27H29N5O3. The SMILES string of the molecule is Cc1cccc(NC(=O)[C@H]2CC(=O)Nc3nc(N4CCC(Cc5ccccc5)CC4)[nH]c(=O)c32)c1. The fraction of sp³-hybridized carbons (Fsp3) is 0.333. The number of H-pyrrole nitrogens is 1. The minimum atomic E-state index is -0.902. The molecule has 35 heavy (non-hydrogen) atoms. The Bertz CT molecular complexity index is 1300. The van der Waals surface area contributed by atoms with Crippen molar-refractivity contribution in [1.82, 2.24) is 9.97 Å². The van der Waals surface area contributed by atoms with Crippen LogP contribution in [0.25, 0.3) is 0 Å². The topological polar surface area (TPSA) is 107 Å². The summed E-state index contributed by atoms with van der Waals surface area (Å²) in [7, 11) is 0. The zero-order valence-corrected chi connectivity index (χ0v) is 19.7. The number of carbonyl (C=O) groups is 2. The normalized spacial score (nSPS) is 18.0. The van der Waals surface area contributed by atoms with E-state index in [4.69, 9.17) is 0 Å². The van der Waals surface area contributed by atoms with Crippen LogP contribution >= 0.6 is 0 Å². The third-order valence-electron chi connectivity index (χ3n) is 6.82. The number of piperidine rings is 1. The Morgan fingerprint density at radius 1 is 1.09 bits per heavy atom. The zero-order valence-electron chi connectivity index (χ0n) is 19.7. The van der Waals surface area contributed by atoms with Crippen LogP contribution in [0.15, 0.2) is 59.4 Å². The second-order valence-electron chi connectivity index (χ2n) is 9.44. The molecule has 5 rings (SSSR count). The van der Waals surface area contributed by atoms with Gasteiger partial charge in [0.25, 0.3) is 5.56 Å². The van der Waals surface area contributed by atoms with Gasteiger partial charge < -0.3 is 15.5 Å². The minimum absolute atomic E-state index is 0.0976. The van der Waals surface area contributed by atoms with Crippen LogP contribution in [-0.4, -0.2) is 34.9 Å². The highest BCUT2D eigenvalue weighted by Crippen LogP contribution is 2.31. The molecule has 8 nitrogen and oxygen atoms in total. The van der Waals surface area contributed by atoms with E-state index in [-0.39, 0.29) is 29.3 Å². The maximum atomic E-state index is 13.1. The lowest BCUT2D eigenvalue weighted by molar-refractivity contribution is -0.123. The summed E-state index contributed by atoms with van der Waals surface area (Å²) in [6.45, 7) is 3.47. The molecule has 1 aromatic heterocycles. The number of rotatable bonds is 5. The van der Waals surface area contributed by atoms with E-state index in [9.17, 15) is 14.4 Å². The second kappa shape index (κ2) is 9.74. The average molecular weight is 472 g/mol. The highest BCUT2D eigenvalue weighted by Gasteiger charge is 2.35. The number of amides is 2. The monoisotopic (exact) mass is 471 g/mol. The number of aromatic nitrogens is 2. The smallest absolute Gasteiger partial charge is 0.258 e.